The maximum Gasteiger partial charge on any atom is 0.470 e. The highest BCUT2D eigenvalue weighted by Gasteiger charge is 2.62. The van der Waals surface area contributed by atoms with Crippen molar-refractivity contribution in [3.8, 4) is 0 Å². The third-order valence-electron chi connectivity index (χ3n) is 4.44. The third kappa shape index (κ3) is 9.77. The average molecular weight is 396 g/mol. The fraction of sp³-hybridized carbons (Fsp3) is 0.842. The van der Waals surface area contributed by atoms with E-state index in [0.29, 0.717) is 17.7 Å². The number of aldehydes is 1. The van der Waals surface area contributed by atoms with Crippen LogP contribution in [-0.2, 0) is 14.4 Å². The van der Waals surface area contributed by atoms with E-state index in [-0.39, 0.29) is 5.41 Å². The van der Waals surface area contributed by atoms with Crippen LogP contribution in [0.15, 0.2) is 0 Å². The number of nitrogens with two attached hydrogens (primary N) is 1. The van der Waals surface area contributed by atoms with Crippen molar-refractivity contribution >= 4 is 18.1 Å². The van der Waals surface area contributed by atoms with Crippen molar-refractivity contribution in [3.63, 3.8) is 0 Å². The van der Waals surface area contributed by atoms with Crippen LogP contribution in [0.3, 0.4) is 0 Å². The average Bonchev–Trinajstić information content (AvgIpc) is 2.87. The van der Waals surface area contributed by atoms with Gasteiger partial charge >= 0.3 is 12.1 Å². The first-order chi connectivity index (χ1) is 12.1. The van der Waals surface area contributed by atoms with Gasteiger partial charge in [-0.15, -0.1) is 0 Å². The van der Waals surface area contributed by atoms with Gasteiger partial charge in [0, 0.05) is 19.5 Å². The fourth-order valence-corrected chi connectivity index (χ4v) is 2.90. The first-order valence-corrected chi connectivity index (χ1v) is 9.12. The second kappa shape index (κ2) is 10.7. The molecule has 2 N–H and O–H groups in total. The summed E-state index contributed by atoms with van der Waals surface area (Å²) in [5.74, 6) is -0.346. The fourth-order valence-electron chi connectivity index (χ4n) is 2.90. The molecule has 2 rings (SSSR count). The van der Waals surface area contributed by atoms with Gasteiger partial charge in [-0.05, 0) is 29.6 Å². The van der Waals surface area contributed by atoms with E-state index in [0.717, 1.165) is 31.2 Å². The number of carbonyl (C=O) groups excluding carboxylic acids is 3. The Hall–Kier alpha value is -1.60. The summed E-state index contributed by atoms with van der Waals surface area (Å²) in [6.45, 7) is 18.5. The summed E-state index contributed by atoms with van der Waals surface area (Å²) in [4.78, 5) is 32.0. The van der Waals surface area contributed by atoms with Gasteiger partial charge in [-0.2, -0.15) is 13.2 Å². The van der Waals surface area contributed by atoms with E-state index in [1.54, 1.807) is 0 Å². The number of rotatable bonds is 1. The van der Waals surface area contributed by atoms with Crippen molar-refractivity contribution in [3.05, 3.63) is 0 Å². The maximum atomic E-state index is 12.0. The Bertz CT molecular complexity index is 483. The Balaban J connectivity index is 0. The van der Waals surface area contributed by atoms with E-state index in [4.69, 9.17) is 9.59 Å². The summed E-state index contributed by atoms with van der Waals surface area (Å²) in [5, 5.41) is 0. The number of likely N-dealkylation sites (tertiary alicyclic amines) is 1. The Morgan fingerprint density at radius 2 is 1.41 bits per heavy atom. The molecule has 0 aromatic rings. The molecule has 0 aromatic heterocycles. The van der Waals surface area contributed by atoms with E-state index in [2.05, 4.69) is 45.3 Å². The summed E-state index contributed by atoms with van der Waals surface area (Å²) >= 11 is 0. The standard InChI is InChI=1S/C13H23NO.C2H2F3NO.C2H4O.C2H6/c1-12(2,3)6-11(15)14-7-9-10(8-14)13(9,4)5;3-2(4,5)1(6)7;1-2-3;1-2/h9-10H,6-8H2,1-5H3;(H2,6,7);2H,1H3;1-2H3. The van der Waals surface area contributed by atoms with Crippen LogP contribution in [-0.4, -0.2) is 42.3 Å². The Labute approximate surface area is 160 Å². The van der Waals surface area contributed by atoms with Crippen LogP contribution in [0.1, 0.15) is 61.8 Å². The number of alkyl halides is 3. The molecule has 160 valence electrons. The molecule has 2 atom stereocenters. The summed E-state index contributed by atoms with van der Waals surface area (Å²) in [6, 6.07) is 0. The molecule has 2 fully saturated rings. The molecule has 2 aliphatic rings. The molecule has 0 spiro atoms. The van der Waals surface area contributed by atoms with Gasteiger partial charge in [-0.1, -0.05) is 48.5 Å². The SMILES string of the molecule is CC.CC(C)(C)CC(=O)N1CC2C(C1)C2(C)C.CC=O.NC(=O)C(F)(F)F. The highest BCUT2D eigenvalue weighted by molar-refractivity contribution is 5.79. The van der Waals surface area contributed by atoms with Crippen molar-refractivity contribution in [2.45, 2.75) is 68.0 Å². The minimum atomic E-state index is -4.86. The molecule has 27 heavy (non-hydrogen) atoms. The number of carbonyl (C=O) groups is 3. The summed E-state index contributed by atoms with van der Waals surface area (Å²) < 4.78 is 32.1. The first kappa shape index (κ1) is 27.6. The smallest absolute Gasteiger partial charge is 0.362 e. The first-order valence-electron chi connectivity index (χ1n) is 9.12. The molecule has 0 bridgehead atoms. The summed E-state index contributed by atoms with van der Waals surface area (Å²) in [5.41, 5.74) is 4.44. The molecule has 1 aliphatic carbocycles. The molecule has 5 nitrogen and oxygen atoms in total. The molecular weight excluding hydrogens is 361 g/mol. The third-order valence-corrected chi connectivity index (χ3v) is 4.44. The van der Waals surface area contributed by atoms with Gasteiger partial charge in [0.15, 0.2) is 0 Å². The monoisotopic (exact) mass is 396 g/mol. The van der Waals surface area contributed by atoms with Gasteiger partial charge in [-0.25, -0.2) is 0 Å². The largest absolute Gasteiger partial charge is 0.470 e. The topological polar surface area (TPSA) is 80.5 Å². The number of halogens is 3. The molecule has 2 unspecified atom stereocenters. The molecule has 1 saturated carbocycles. The van der Waals surface area contributed by atoms with Crippen molar-refractivity contribution < 1.29 is 27.6 Å². The lowest BCUT2D eigenvalue weighted by Crippen LogP contribution is -2.35. The van der Waals surface area contributed by atoms with Crippen molar-refractivity contribution in [1.82, 2.24) is 4.90 Å². The van der Waals surface area contributed by atoms with Crippen LogP contribution in [0.4, 0.5) is 13.2 Å². The Morgan fingerprint density at radius 3 is 1.63 bits per heavy atom. The lowest BCUT2D eigenvalue weighted by Gasteiger charge is -2.26. The number of primary amides is 1. The second-order valence-corrected chi connectivity index (χ2v) is 8.17. The minimum Gasteiger partial charge on any atom is -0.362 e. The van der Waals surface area contributed by atoms with Crippen LogP contribution in [0.2, 0.25) is 0 Å². The van der Waals surface area contributed by atoms with Gasteiger partial charge in [0.25, 0.3) is 0 Å². The Morgan fingerprint density at radius 1 is 1.11 bits per heavy atom. The van der Waals surface area contributed by atoms with Gasteiger partial charge in [0.1, 0.15) is 6.29 Å². The number of piperidine rings is 1. The molecule has 1 aliphatic heterocycles. The highest BCUT2D eigenvalue weighted by Crippen LogP contribution is 2.62. The lowest BCUT2D eigenvalue weighted by molar-refractivity contribution is -0.169. The van der Waals surface area contributed by atoms with E-state index in [1.807, 2.05) is 13.8 Å². The van der Waals surface area contributed by atoms with Gasteiger partial charge < -0.3 is 15.4 Å². The van der Waals surface area contributed by atoms with Crippen LogP contribution in [0.5, 0.6) is 0 Å². The molecule has 0 radical (unpaired) electrons. The van der Waals surface area contributed by atoms with Crippen LogP contribution in [0, 0.1) is 22.7 Å². The maximum absolute atomic E-state index is 12.0. The summed E-state index contributed by atoms with van der Waals surface area (Å²) in [7, 11) is 0. The molecule has 1 saturated heterocycles. The van der Waals surface area contributed by atoms with E-state index in [9.17, 15) is 18.0 Å². The number of fused-ring (bicyclic) bond motifs is 1. The summed E-state index contributed by atoms with van der Waals surface area (Å²) in [6.07, 6.45) is -3.42. The molecule has 2 amide bonds. The quantitative estimate of drug-likeness (QED) is 0.685. The predicted molar refractivity (Wildman–Crippen MR) is 99.7 cm³/mol. The number of hydrogen-bond donors (Lipinski definition) is 1. The zero-order chi connectivity index (χ0) is 22.2. The molecule has 8 heteroatoms. The number of nitrogens with zero attached hydrogens (tertiary/aromatic N) is 1. The lowest BCUT2D eigenvalue weighted by atomic mass is 9.91. The van der Waals surface area contributed by atoms with E-state index >= 15 is 0 Å². The normalized spacial score (nSPS) is 21.8. The van der Waals surface area contributed by atoms with Crippen molar-refractivity contribution in [1.29, 1.82) is 0 Å². The number of hydrogen-bond acceptors (Lipinski definition) is 3. The predicted octanol–water partition coefficient (Wildman–Crippen LogP) is 3.80. The second-order valence-electron chi connectivity index (χ2n) is 8.17. The van der Waals surface area contributed by atoms with Gasteiger partial charge in [0.05, 0.1) is 0 Å². The molecular formula is C19H35F3N2O3. The zero-order valence-corrected chi connectivity index (χ0v) is 17.7. The van der Waals surface area contributed by atoms with Gasteiger partial charge in [-0.3, -0.25) is 9.59 Å². The van der Waals surface area contributed by atoms with Crippen LogP contribution in [0.25, 0.3) is 0 Å². The molecule has 1 heterocycles. The number of amides is 2. The van der Waals surface area contributed by atoms with Crippen molar-refractivity contribution in [2.75, 3.05) is 13.1 Å². The Kier molecular flexibility index (Phi) is 10.9. The highest BCUT2D eigenvalue weighted by atomic mass is 19.4. The minimum absolute atomic E-state index is 0.124. The van der Waals surface area contributed by atoms with E-state index < -0.39 is 12.1 Å². The van der Waals surface area contributed by atoms with Crippen LogP contribution >= 0.6 is 0 Å². The van der Waals surface area contributed by atoms with Crippen molar-refractivity contribution in [2.24, 2.45) is 28.4 Å². The van der Waals surface area contributed by atoms with Crippen LogP contribution < -0.4 is 5.73 Å². The van der Waals surface area contributed by atoms with E-state index in [1.165, 1.54) is 6.92 Å². The van der Waals surface area contributed by atoms with Gasteiger partial charge in [0.2, 0.25) is 5.91 Å². The zero-order valence-electron chi connectivity index (χ0n) is 17.7. The molecule has 0 aromatic carbocycles.